The molecule has 4 aromatic rings. The molecule has 0 fully saturated rings. The van der Waals surface area contributed by atoms with E-state index in [0.717, 1.165) is 22.5 Å². The van der Waals surface area contributed by atoms with E-state index in [1.165, 1.54) is 6.92 Å². The summed E-state index contributed by atoms with van der Waals surface area (Å²) < 4.78 is 6.88. The summed E-state index contributed by atoms with van der Waals surface area (Å²) in [5.41, 5.74) is 4.85. The zero-order valence-electron chi connectivity index (χ0n) is 16.7. The molecule has 2 aromatic carbocycles. The first-order valence-electron chi connectivity index (χ1n) is 9.39. The number of hydrogen-bond acceptors (Lipinski definition) is 7. The average Bonchev–Trinajstić information content (AvgIpc) is 3.16. The number of fused-ring (bicyclic) bond motifs is 1. The van der Waals surface area contributed by atoms with Crippen molar-refractivity contribution in [3.05, 3.63) is 65.9 Å². The number of carbonyl (C=O) groups is 1. The van der Waals surface area contributed by atoms with Crippen molar-refractivity contribution in [2.45, 2.75) is 20.1 Å². The third-order valence-corrected chi connectivity index (χ3v) is 4.38. The minimum Gasteiger partial charge on any atom is -0.380 e. The number of amides is 1. The highest BCUT2D eigenvalue weighted by molar-refractivity contribution is 5.73. The molecule has 1 amide bonds. The molecule has 0 saturated heterocycles. The number of nitrogens with one attached hydrogen (secondary N) is 2. The molecule has 9 nitrogen and oxygen atoms in total. The quantitative estimate of drug-likeness (QED) is 0.489. The highest BCUT2D eigenvalue weighted by atomic mass is 16.5. The van der Waals surface area contributed by atoms with Crippen molar-refractivity contribution in [1.82, 2.24) is 30.3 Å². The van der Waals surface area contributed by atoms with Gasteiger partial charge in [-0.05, 0) is 35.4 Å². The smallest absolute Gasteiger partial charge is 0.229 e. The number of rotatable bonds is 7. The first kappa shape index (κ1) is 19.5. The van der Waals surface area contributed by atoms with Gasteiger partial charge in [0, 0.05) is 26.3 Å². The second kappa shape index (κ2) is 8.66. The molecule has 0 aliphatic rings. The Balaban J connectivity index is 1.61. The van der Waals surface area contributed by atoms with Crippen LogP contribution in [0.1, 0.15) is 18.1 Å². The van der Waals surface area contributed by atoms with Crippen molar-refractivity contribution in [3.8, 4) is 5.69 Å². The van der Waals surface area contributed by atoms with Crippen molar-refractivity contribution in [3.63, 3.8) is 0 Å². The van der Waals surface area contributed by atoms with E-state index in [4.69, 9.17) is 4.74 Å². The standard InChI is InChI=1S/C21H21N7O2/c1-14(29)22-11-15-5-3-7-17(9-15)24-21-23-12-19-20(25-21)28(27-26-19)18-8-4-6-16(10-18)13-30-2/h3-10,12H,11,13H2,1-2H3,(H,22,29)(H,23,24,25). The lowest BCUT2D eigenvalue weighted by Crippen LogP contribution is -2.18. The zero-order chi connectivity index (χ0) is 20.9. The number of nitrogens with zero attached hydrogens (tertiary/aromatic N) is 5. The molecular weight excluding hydrogens is 382 g/mol. The fraction of sp³-hybridized carbons (Fsp3) is 0.190. The van der Waals surface area contributed by atoms with Crippen LogP contribution >= 0.6 is 0 Å². The van der Waals surface area contributed by atoms with Crippen LogP contribution in [0, 0.1) is 0 Å². The van der Waals surface area contributed by atoms with Crippen molar-refractivity contribution >= 4 is 28.7 Å². The van der Waals surface area contributed by atoms with Crippen LogP contribution < -0.4 is 10.6 Å². The lowest BCUT2D eigenvalue weighted by Gasteiger charge is -2.08. The van der Waals surface area contributed by atoms with Gasteiger partial charge in [-0.1, -0.05) is 29.5 Å². The summed E-state index contributed by atoms with van der Waals surface area (Å²) in [5, 5.41) is 14.4. The van der Waals surface area contributed by atoms with Crippen molar-refractivity contribution in [1.29, 1.82) is 0 Å². The van der Waals surface area contributed by atoms with Crippen LogP contribution in [0.15, 0.2) is 54.7 Å². The lowest BCUT2D eigenvalue weighted by molar-refractivity contribution is -0.119. The first-order chi connectivity index (χ1) is 14.6. The van der Waals surface area contributed by atoms with Gasteiger partial charge in [0.1, 0.15) is 0 Å². The summed E-state index contributed by atoms with van der Waals surface area (Å²) in [6, 6.07) is 15.6. The molecule has 0 bridgehead atoms. The maximum Gasteiger partial charge on any atom is 0.229 e. The predicted molar refractivity (Wildman–Crippen MR) is 112 cm³/mol. The number of carbonyl (C=O) groups excluding carboxylic acids is 1. The molecule has 2 heterocycles. The summed E-state index contributed by atoms with van der Waals surface area (Å²) >= 11 is 0. The molecule has 0 aliphatic carbocycles. The number of ether oxygens (including phenoxy) is 1. The molecule has 0 radical (unpaired) electrons. The molecule has 30 heavy (non-hydrogen) atoms. The van der Waals surface area contributed by atoms with Crippen molar-refractivity contribution in [2.75, 3.05) is 12.4 Å². The SMILES string of the molecule is COCc1cccc(-n2nnc3cnc(Nc4cccc(CNC(C)=O)c4)nc32)c1. The van der Waals surface area contributed by atoms with Gasteiger partial charge in [0.25, 0.3) is 0 Å². The molecule has 0 spiro atoms. The summed E-state index contributed by atoms with van der Waals surface area (Å²) in [6.07, 6.45) is 1.63. The first-order valence-corrected chi connectivity index (χ1v) is 9.39. The highest BCUT2D eigenvalue weighted by Gasteiger charge is 2.11. The Morgan fingerprint density at radius 1 is 1.13 bits per heavy atom. The fourth-order valence-electron chi connectivity index (χ4n) is 3.02. The third kappa shape index (κ3) is 4.41. The van der Waals surface area contributed by atoms with Gasteiger partial charge < -0.3 is 15.4 Å². The number of anilines is 2. The van der Waals surface area contributed by atoms with E-state index in [1.807, 2.05) is 48.5 Å². The average molecular weight is 403 g/mol. The highest BCUT2D eigenvalue weighted by Crippen LogP contribution is 2.19. The van der Waals surface area contributed by atoms with Crippen LogP contribution in [0.5, 0.6) is 0 Å². The predicted octanol–water partition coefficient (Wildman–Crippen LogP) is 2.74. The van der Waals surface area contributed by atoms with E-state index in [-0.39, 0.29) is 5.91 Å². The van der Waals surface area contributed by atoms with Gasteiger partial charge >= 0.3 is 0 Å². The lowest BCUT2D eigenvalue weighted by atomic mass is 10.2. The Labute approximate surface area is 173 Å². The molecule has 152 valence electrons. The topological polar surface area (TPSA) is 107 Å². The largest absolute Gasteiger partial charge is 0.380 e. The fourth-order valence-corrected chi connectivity index (χ4v) is 3.02. The van der Waals surface area contributed by atoms with E-state index >= 15 is 0 Å². The van der Waals surface area contributed by atoms with E-state index in [2.05, 4.69) is 30.9 Å². The third-order valence-electron chi connectivity index (χ3n) is 4.38. The van der Waals surface area contributed by atoms with Crippen LogP contribution in [0.4, 0.5) is 11.6 Å². The summed E-state index contributed by atoms with van der Waals surface area (Å²) in [4.78, 5) is 20.1. The second-order valence-electron chi connectivity index (χ2n) is 6.74. The van der Waals surface area contributed by atoms with Crippen LogP contribution in [-0.2, 0) is 22.7 Å². The van der Waals surface area contributed by atoms with Crippen molar-refractivity contribution < 1.29 is 9.53 Å². The van der Waals surface area contributed by atoms with Crippen LogP contribution in [0.3, 0.4) is 0 Å². The van der Waals surface area contributed by atoms with Crippen molar-refractivity contribution in [2.24, 2.45) is 0 Å². The molecule has 2 aromatic heterocycles. The number of methoxy groups -OCH3 is 1. The molecule has 2 N–H and O–H groups in total. The van der Waals surface area contributed by atoms with Gasteiger partial charge in [0.15, 0.2) is 11.2 Å². The van der Waals surface area contributed by atoms with E-state index in [9.17, 15) is 4.79 Å². The molecule has 0 unspecified atom stereocenters. The van der Waals surface area contributed by atoms with E-state index < -0.39 is 0 Å². The van der Waals surface area contributed by atoms with Gasteiger partial charge in [-0.25, -0.2) is 4.98 Å². The van der Waals surface area contributed by atoms with Gasteiger partial charge in [-0.3, -0.25) is 4.79 Å². The van der Waals surface area contributed by atoms with Gasteiger partial charge in [-0.2, -0.15) is 9.67 Å². The Bertz CT molecular complexity index is 1190. The molecule has 0 saturated carbocycles. The monoisotopic (exact) mass is 403 g/mol. The molecule has 0 aliphatic heterocycles. The summed E-state index contributed by atoms with van der Waals surface area (Å²) in [5.74, 6) is 0.355. The maximum absolute atomic E-state index is 11.1. The van der Waals surface area contributed by atoms with Crippen LogP contribution in [0.2, 0.25) is 0 Å². The maximum atomic E-state index is 11.1. The van der Waals surface area contributed by atoms with E-state index in [0.29, 0.717) is 30.3 Å². The number of aromatic nitrogens is 5. The number of benzene rings is 2. The molecule has 0 atom stereocenters. The molecule has 4 rings (SSSR count). The Kier molecular flexibility index (Phi) is 5.62. The second-order valence-corrected chi connectivity index (χ2v) is 6.74. The minimum atomic E-state index is -0.0718. The van der Waals surface area contributed by atoms with Gasteiger partial charge in [0.05, 0.1) is 18.5 Å². The molecule has 9 heteroatoms. The van der Waals surface area contributed by atoms with Crippen LogP contribution in [-0.4, -0.2) is 38.0 Å². The minimum absolute atomic E-state index is 0.0718. The zero-order valence-corrected chi connectivity index (χ0v) is 16.7. The van der Waals surface area contributed by atoms with Crippen LogP contribution in [0.25, 0.3) is 16.9 Å². The van der Waals surface area contributed by atoms with Gasteiger partial charge in [-0.15, -0.1) is 5.10 Å². The van der Waals surface area contributed by atoms with E-state index in [1.54, 1.807) is 18.0 Å². The molecular formula is C21H21N7O2. The Hall–Kier alpha value is -3.85. The van der Waals surface area contributed by atoms with Gasteiger partial charge in [0.2, 0.25) is 11.9 Å². The normalized spacial score (nSPS) is 10.9. The summed E-state index contributed by atoms with van der Waals surface area (Å²) in [7, 11) is 1.66. The Morgan fingerprint density at radius 3 is 2.80 bits per heavy atom. The number of hydrogen-bond donors (Lipinski definition) is 2. The summed E-state index contributed by atoms with van der Waals surface area (Å²) in [6.45, 7) is 2.46. The Morgan fingerprint density at radius 2 is 1.97 bits per heavy atom.